The Labute approximate surface area is 129 Å². The van der Waals surface area contributed by atoms with Gasteiger partial charge in [0.1, 0.15) is 4.21 Å². The normalized spacial score (nSPS) is 15.2. The lowest BCUT2D eigenvalue weighted by molar-refractivity contribution is -0.384. The molecular weight excluding hydrogens is 342 g/mol. The molecule has 116 valence electrons. The van der Waals surface area contributed by atoms with E-state index in [0.717, 1.165) is 23.2 Å². The quantitative estimate of drug-likeness (QED) is 0.610. The Kier molecular flexibility index (Phi) is 4.51. The van der Waals surface area contributed by atoms with E-state index in [9.17, 15) is 23.3 Å². The highest BCUT2D eigenvalue weighted by atomic mass is 35.5. The Balaban J connectivity index is 2.14. The van der Waals surface area contributed by atoms with Gasteiger partial charge in [0.15, 0.2) is 4.34 Å². The largest absolute Gasteiger partial charge is 0.352 e. The van der Waals surface area contributed by atoms with Crippen LogP contribution in [0.4, 0.5) is 5.69 Å². The van der Waals surface area contributed by atoms with E-state index in [-0.39, 0.29) is 21.1 Å². The second kappa shape index (κ2) is 5.87. The summed E-state index contributed by atoms with van der Waals surface area (Å²) in [5.74, 6) is -0.402. The van der Waals surface area contributed by atoms with Crippen LogP contribution in [0.3, 0.4) is 0 Å². The highest BCUT2D eigenvalue weighted by Crippen LogP contribution is 2.37. The fraction of sp³-hybridized carbons (Fsp3) is 0.500. The summed E-state index contributed by atoms with van der Waals surface area (Å²) in [6.45, 7) is -0.345. The number of likely N-dealkylation sites (N-methyl/N-ethyl adjacent to an activating group) is 1. The lowest BCUT2D eigenvalue weighted by Gasteiger charge is -2.15. The van der Waals surface area contributed by atoms with Gasteiger partial charge in [-0.15, -0.1) is 11.3 Å². The molecule has 1 amide bonds. The molecule has 1 aliphatic carbocycles. The molecule has 0 unspecified atom stereocenters. The van der Waals surface area contributed by atoms with Crippen molar-refractivity contribution in [3.63, 3.8) is 0 Å². The van der Waals surface area contributed by atoms with Gasteiger partial charge < -0.3 is 5.32 Å². The zero-order valence-electron chi connectivity index (χ0n) is 10.9. The van der Waals surface area contributed by atoms with Crippen LogP contribution >= 0.6 is 22.9 Å². The Morgan fingerprint density at radius 2 is 2.24 bits per heavy atom. The van der Waals surface area contributed by atoms with Crippen molar-refractivity contribution in [3.8, 4) is 0 Å². The Hall–Kier alpha value is -1.23. The van der Waals surface area contributed by atoms with Crippen molar-refractivity contribution in [2.45, 2.75) is 23.1 Å². The third kappa shape index (κ3) is 3.70. The Morgan fingerprint density at radius 3 is 2.71 bits per heavy atom. The van der Waals surface area contributed by atoms with Crippen LogP contribution in [0.1, 0.15) is 12.8 Å². The minimum absolute atomic E-state index is 0.130. The van der Waals surface area contributed by atoms with Crippen LogP contribution in [0.2, 0.25) is 4.34 Å². The van der Waals surface area contributed by atoms with E-state index in [2.05, 4.69) is 5.32 Å². The van der Waals surface area contributed by atoms with Crippen molar-refractivity contribution in [2.75, 3.05) is 13.6 Å². The van der Waals surface area contributed by atoms with Crippen LogP contribution in [0.15, 0.2) is 10.3 Å². The average molecular weight is 354 g/mol. The number of nitro groups is 1. The maximum atomic E-state index is 12.2. The standard InChI is InChI=1S/C10H12ClN3O5S2/c1-13(5-8(15)12-6-2-3-6)21(18,19)9-4-7(14(16)17)10(11)20-9/h4,6H,2-3,5H2,1H3,(H,12,15). The van der Waals surface area contributed by atoms with Crippen LogP contribution < -0.4 is 5.32 Å². The molecule has 1 fully saturated rings. The summed E-state index contributed by atoms with van der Waals surface area (Å²) in [6.07, 6.45) is 1.80. The zero-order valence-corrected chi connectivity index (χ0v) is 13.3. The van der Waals surface area contributed by atoms with Gasteiger partial charge in [-0.3, -0.25) is 14.9 Å². The van der Waals surface area contributed by atoms with Crippen molar-refractivity contribution in [3.05, 3.63) is 20.5 Å². The van der Waals surface area contributed by atoms with Crippen LogP contribution in [-0.2, 0) is 14.8 Å². The number of rotatable bonds is 6. The molecule has 1 heterocycles. The third-order valence-corrected chi connectivity index (χ3v) is 6.41. The first-order chi connectivity index (χ1) is 9.71. The van der Waals surface area contributed by atoms with E-state index in [1.165, 1.54) is 7.05 Å². The maximum Gasteiger partial charge on any atom is 0.300 e. The van der Waals surface area contributed by atoms with Crippen molar-refractivity contribution in [2.24, 2.45) is 0 Å². The molecule has 11 heteroatoms. The fourth-order valence-corrected chi connectivity index (χ4v) is 4.54. The average Bonchev–Trinajstić information content (AvgIpc) is 3.07. The molecule has 8 nitrogen and oxygen atoms in total. The lowest BCUT2D eigenvalue weighted by Crippen LogP contribution is -2.38. The predicted molar refractivity (Wildman–Crippen MR) is 77.0 cm³/mol. The Morgan fingerprint density at radius 1 is 1.62 bits per heavy atom. The smallest absolute Gasteiger partial charge is 0.300 e. The number of hydrogen-bond donors (Lipinski definition) is 1. The predicted octanol–water partition coefficient (Wildman–Crippen LogP) is 1.21. The van der Waals surface area contributed by atoms with E-state index in [0.29, 0.717) is 11.3 Å². The highest BCUT2D eigenvalue weighted by Gasteiger charge is 2.30. The molecule has 2 rings (SSSR count). The van der Waals surface area contributed by atoms with E-state index in [1.807, 2.05) is 0 Å². The van der Waals surface area contributed by atoms with Crippen molar-refractivity contribution in [1.82, 2.24) is 9.62 Å². The molecule has 0 radical (unpaired) electrons. The molecule has 0 aliphatic heterocycles. The summed E-state index contributed by atoms with van der Waals surface area (Å²) >= 11 is 6.24. The topological polar surface area (TPSA) is 110 Å². The fourth-order valence-electron chi connectivity index (χ4n) is 1.53. The van der Waals surface area contributed by atoms with Gasteiger partial charge in [0, 0.05) is 19.2 Å². The summed E-state index contributed by atoms with van der Waals surface area (Å²) in [7, 11) is -2.75. The number of amides is 1. The van der Waals surface area contributed by atoms with Gasteiger partial charge in [-0.25, -0.2) is 8.42 Å². The number of hydrogen-bond acceptors (Lipinski definition) is 6. The number of nitrogens with zero attached hydrogens (tertiary/aromatic N) is 2. The number of nitrogens with one attached hydrogen (secondary N) is 1. The third-order valence-electron chi connectivity index (χ3n) is 2.82. The van der Waals surface area contributed by atoms with Gasteiger partial charge in [-0.1, -0.05) is 11.6 Å². The molecule has 1 aliphatic rings. The second-order valence-corrected chi connectivity index (χ2v) is 8.51. The molecule has 0 atom stereocenters. The monoisotopic (exact) mass is 353 g/mol. The van der Waals surface area contributed by atoms with Gasteiger partial charge >= 0.3 is 0 Å². The van der Waals surface area contributed by atoms with E-state index < -0.39 is 26.5 Å². The molecule has 0 bridgehead atoms. The number of sulfonamides is 1. The van der Waals surface area contributed by atoms with Gasteiger partial charge in [-0.05, 0) is 12.8 Å². The SMILES string of the molecule is CN(CC(=O)NC1CC1)S(=O)(=O)c1cc([N+](=O)[O-])c(Cl)s1. The minimum Gasteiger partial charge on any atom is -0.352 e. The van der Waals surface area contributed by atoms with Crippen LogP contribution in [0, 0.1) is 10.1 Å². The molecule has 0 aromatic carbocycles. The van der Waals surface area contributed by atoms with Gasteiger partial charge in [0.2, 0.25) is 5.91 Å². The van der Waals surface area contributed by atoms with Crippen LogP contribution in [0.25, 0.3) is 0 Å². The van der Waals surface area contributed by atoms with Gasteiger partial charge in [0.05, 0.1) is 11.5 Å². The first kappa shape index (κ1) is 16.1. The molecule has 21 heavy (non-hydrogen) atoms. The molecule has 1 saturated carbocycles. The first-order valence-electron chi connectivity index (χ1n) is 5.91. The van der Waals surface area contributed by atoms with E-state index in [1.54, 1.807) is 0 Å². The highest BCUT2D eigenvalue weighted by molar-refractivity contribution is 7.91. The number of carbonyl (C=O) groups is 1. The van der Waals surface area contributed by atoms with E-state index >= 15 is 0 Å². The summed E-state index contributed by atoms with van der Waals surface area (Å²) < 4.78 is 24.8. The molecule has 1 aromatic heterocycles. The minimum atomic E-state index is -3.98. The molecule has 1 N–H and O–H groups in total. The van der Waals surface area contributed by atoms with E-state index in [4.69, 9.17) is 11.6 Å². The zero-order chi connectivity index (χ0) is 15.8. The van der Waals surface area contributed by atoms with Gasteiger partial charge in [0.25, 0.3) is 15.7 Å². The second-order valence-electron chi connectivity index (χ2n) is 4.58. The molecule has 1 aromatic rings. The molecular formula is C10H12ClN3O5S2. The summed E-state index contributed by atoms with van der Waals surface area (Å²) in [6, 6.07) is 1.03. The number of halogens is 1. The van der Waals surface area contributed by atoms with Crippen LogP contribution in [0.5, 0.6) is 0 Å². The van der Waals surface area contributed by atoms with Crippen molar-refractivity contribution >= 4 is 44.6 Å². The van der Waals surface area contributed by atoms with Crippen molar-refractivity contribution < 1.29 is 18.1 Å². The lowest BCUT2D eigenvalue weighted by atomic mass is 10.5. The van der Waals surface area contributed by atoms with Gasteiger partial charge in [-0.2, -0.15) is 4.31 Å². The first-order valence-corrected chi connectivity index (χ1v) is 8.54. The maximum absolute atomic E-state index is 12.2. The summed E-state index contributed by atoms with van der Waals surface area (Å²) in [5, 5.41) is 13.4. The molecule has 0 saturated heterocycles. The molecule has 0 spiro atoms. The summed E-state index contributed by atoms with van der Waals surface area (Å²) in [5.41, 5.74) is -0.462. The van der Waals surface area contributed by atoms with Crippen molar-refractivity contribution in [1.29, 1.82) is 0 Å². The Bertz CT molecular complexity index is 683. The number of carbonyl (C=O) groups excluding carboxylic acids is 1. The summed E-state index contributed by atoms with van der Waals surface area (Å²) in [4.78, 5) is 21.6. The number of thiophene rings is 1. The van der Waals surface area contributed by atoms with Crippen LogP contribution in [-0.4, -0.2) is 43.2 Å².